The van der Waals surface area contributed by atoms with Gasteiger partial charge in [0.15, 0.2) is 0 Å². The molecule has 2 N–H and O–H groups in total. The number of hydrogen-bond acceptors (Lipinski definition) is 10. The number of hydrogen-bond donors (Lipinski definition) is 2. The summed E-state index contributed by atoms with van der Waals surface area (Å²) in [5.41, 5.74) is 4.34. The van der Waals surface area contributed by atoms with E-state index >= 15 is 0 Å². The number of non-ortho nitro benzene ring substituents is 1. The molecule has 11 nitrogen and oxygen atoms in total. The number of nitro groups is 1. The molecule has 1 aromatic heterocycles. The second kappa shape index (κ2) is 11.1. The van der Waals surface area contributed by atoms with Gasteiger partial charge in [0.25, 0.3) is 5.69 Å². The molecule has 176 valence electrons. The summed E-state index contributed by atoms with van der Waals surface area (Å²) in [7, 11) is 1.62. The van der Waals surface area contributed by atoms with Crippen LogP contribution < -0.4 is 20.4 Å². The van der Waals surface area contributed by atoms with E-state index < -0.39 is 4.92 Å². The van der Waals surface area contributed by atoms with Gasteiger partial charge in [0.2, 0.25) is 17.8 Å². The molecule has 1 saturated heterocycles. The van der Waals surface area contributed by atoms with Crippen LogP contribution in [0.15, 0.2) is 41.5 Å². The molecule has 1 aliphatic heterocycles. The van der Waals surface area contributed by atoms with E-state index in [0.717, 1.165) is 44.4 Å². The van der Waals surface area contributed by atoms with Crippen molar-refractivity contribution in [2.45, 2.75) is 12.8 Å². The molecule has 3 aromatic rings. The minimum atomic E-state index is -0.442. The fourth-order valence-electron chi connectivity index (χ4n) is 3.38. The number of benzene rings is 2. The van der Waals surface area contributed by atoms with E-state index in [2.05, 4.69) is 80.9 Å². The van der Waals surface area contributed by atoms with E-state index in [1.54, 1.807) is 25.5 Å². The van der Waals surface area contributed by atoms with Crippen LogP contribution >= 0.6 is 45.2 Å². The summed E-state index contributed by atoms with van der Waals surface area (Å²) < 4.78 is 7.55. The predicted octanol–water partition coefficient (Wildman–Crippen LogP) is 4.79. The van der Waals surface area contributed by atoms with E-state index in [1.807, 2.05) is 12.1 Å². The lowest BCUT2D eigenvalue weighted by molar-refractivity contribution is -0.384. The standard InChI is InChI=1S/C21H20I2N8O3/c1-34-18-13(10-14(22)11-17(18)23)12-24-29-20-26-19(27-21(28-20)30-8-2-3-9-30)25-15-4-6-16(7-5-15)31(32)33/h4-7,10-12H,2-3,8-9H2,1H3,(H2,25,26,27,28,29)/b24-12-. The number of nitro benzene ring substituents is 1. The van der Waals surface area contributed by atoms with Crippen LogP contribution in [0.25, 0.3) is 0 Å². The largest absolute Gasteiger partial charge is 0.495 e. The number of hydrazone groups is 1. The first-order valence-corrected chi connectivity index (χ1v) is 12.4. The maximum Gasteiger partial charge on any atom is 0.269 e. The average molecular weight is 686 g/mol. The molecule has 0 saturated carbocycles. The van der Waals surface area contributed by atoms with Crippen molar-refractivity contribution >= 4 is 80.6 Å². The number of nitrogens with one attached hydrogen (secondary N) is 2. The molecule has 2 heterocycles. The molecule has 0 spiro atoms. The molecule has 4 rings (SSSR count). The lowest BCUT2D eigenvalue weighted by Gasteiger charge is -2.16. The van der Waals surface area contributed by atoms with Crippen molar-refractivity contribution in [3.63, 3.8) is 0 Å². The van der Waals surface area contributed by atoms with Crippen molar-refractivity contribution in [2.75, 3.05) is 35.8 Å². The van der Waals surface area contributed by atoms with E-state index in [-0.39, 0.29) is 11.6 Å². The Bertz CT molecular complexity index is 1220. The summed E-state index contributed by atoms with van der Waals surface area (Å²) in [6.45, 7) is 1.73. The van der Waals surface area contributed by atoms with Gasteiger partial charge in [-0.15, -0.1) is 0 Å². The number of rotatable bonds is 8. The highest BCUT2D eigenvalue weighted by atomic mass is 127. The van der Waals surface area contributed by atoms with E-state index in [4.69, 9.17) is 4.74 Å². The minimum absolute atomic E-state index is 0.0105. The summed E-state index contributed by atoms with van der Waals surface area (Å²) in [5, 5.41) is 18.3. The third-order valence-corrected chi connectivity index (χ3v) is 6.38. The van der Waals surface area contributed by atoms with Gasteiger partial charge < -0.3 is 15.0 Å². The molecular formula is C21H20I2N8O3. The van der Waals surface area contributed by atoms with Crippen LogP contribution in [0.4, 0.5) is 29.2 Å². The molecule has 2 aromatic carbocycles. The Morgan fingerprint density at radius 3 is 2.50 bits per heavy atom. The predicted molar refractivity (Wildman–Crippen MR) is 147 cm³/mol. The van der Waals surface area contributed by atoms with Crippen LogP contribution in [0.2, 0.25) is 0 Å². The van der Waals surface area contributed by atoms with Gasteiger partial charge in [-0.05, 0) is 82.3 Å². The highest BCUT2D eigenvalue weighted by Crippen LogP contribution is 2.27. The van der Waals surface area contributed by atoms with Crippen LogP contribution in [0.1, 0.15) is 18.4 Å². The Morgan fingerprint density at radius 2 is 1.82 bits per heavy atom. The van der Waals surface area contributed by atoms with Crippen molar-refractivity contribution in [1.29, 1.82) is 0 Å². The highest BCUT2D eigenvalue weighted by Gasteiger charge is 2.18. The summed E-state index contributed by atoms with van der Waals surface area (Å²) >= 11 is 4.47. The smallest absolute Gasteiger partial charge is 0.269 e. The maximum atomic E-state index is 10.9. The summed E-state index contributed by atoms with van der Waals surface area (Å²) in [5.74, 6) is 1.86. The quantitative estimate of drug-likeness (QED) is 0.149. The van der Waals surface area contributed by atoms with Crippen molar-refractivity contribution in [3.05, 3.63) is 59.2 Å². The average Bonchev–Trinajstić information content (AvgIpc) is 3.34. The van der Waals surface area contributed by atoms with E-state index in [0.29, 0.717) is 17.6 Å². The number of nitrogens with zero attached hydrogens (tertiary/aromatic N) is 6. The summed E-state index contributed by atoms with van der Waals surface area (Å²) in [6.07, 6.45) is 3.80. The Labute approximate surface area is 222 Å². The number of methoxy groups -OCH3 is 1. The van der Waals surface area contributed by atoms with Crippen molar-refractivity contribution in [3.8, 4) is 5.75 Å². The van der Waals surface area contributed by atoms with Gasteiger partial charge in [-0.2, -0.15) is 20.1 Å². The van der Waals surface area contributed by atoms with E-state index in [9.17, 15) is 10.1 Å². The van der Waals surface area contributed by atoms with E-state index in [1.165, 1.54) is 12.1 Å². The van der Waals surface area contributed by atoms with Gasteiger partial charge in [0.05, 0.1) is 21.8 Å². The molecule has 0 radical (unpaired) electrons. The maximum absolute atomic E-state index is 10.9. The SMILES string of the molecule is COc1c(I)cc(I)cc1/C=N\Nc1nc(Nc2ccc([N+](=O)[O-])cc2)nc(N2CCCC2)n1. The number of anilines is 4. The first-order chi connectivity index (χ1) is 16.4. The fourth-order valence-corrected chi connectivity index (χ4v) is 5.49. The van der Waals surface area contributed by atoms with Crippen LogP contribution in [0.3, 0.4) is 0 Å². The third-order valence-electron chi connectivity index (χ3n) is 4.96. The van der Waals surface area contributed by atoms with Crippen LogP contribution in [-0.4, -0.2) is 46.3 Å². The van der Waals surface area contributed by atoms with Gasteiger partial charge in [0, 0.05) is 40.0 Å². The molecule has 1 fully saturated rings. The number of ether oxygens (including phenoxy) is 1. The zero-order valence-corrected chi connectivity index (χ0v) is 22.3. The van der Waals surface area contributed by atoms with Crippen LogP contribution in [-0.2, 0) is 0 Å². The normalized spacial score (nSPS) is 13.3. The Hall–Kier alpha value is -2.82. The van der Waals surface area contributed by atoms with Gasteiger partial charge in [-0.3, -0.25) is 10.1 Å². The number of aromatic nitrogens is 3. The zero-order valence-electron chi connectivity index (χ0n) is 18.0. The summed E-state index contributed by atoms with van der Waals surface area (Å²) in [4.78, 5) is 26.0. The first-order valence-electron chi connectivity index (χ1n) is 10.3. The molecule has 13 heteroatoms. The lowest BCUT2D eigenvalue weighted by atomic mass is 10.2. The molecule has 0 aliphatic carbocycles. The van der Waals surface area contributed by atoms with Gasteiger partial charge >= 0.3 is 0 Å². The number of halogens is 2. The van der Waals surface area contributed by atoms with Gasteiger partial charge in [0.1, 0.15) is 5.75 Å². The zero-order chi connectivity index (χ0) is 24.1. The monoisotopic (exact) mass is 686 g/mol. The van der Waals surface area contributed by atoms with Crippen LogP contribution in [0.5, 0.6) is 5.75 Å². The Morgan fingerprint density at radius 1 is 1.12 bits per heavy atom. The second-order valence-electron chi connectivity index (χ2n) is 7.29. The molecule has 0 amide bonds. The molecule has 1 aliphatic rings. The van der Waals surface area contributed by atoms with Crippen molar-refractivity contribution in [2.24, 2.45) is 5.10 Å². The molecule has 0 atom stereocenters. The first kappa shape index (κ1) is 24.3. The van der Waals surface area contributed by atoms with Crippen molar-refractivity contribution in [1.82, 2.24) is 15.0 Å². The second-order valence-corrected chi connectivity index (χ2v) is 9.69. The molecule has 34 heavy (non-hydrogen) atoms. The molecule has 0 unspecified atom stereocenters. The Balaban J connectivity index is 1.58. The topological polar surface area (TPSA) is 131 Å². The molecular weight excluding hydrogens is 666 g/mol. The highest BCUT2D eigenvalue weighted by molar-refractivity contribution is 14.1. The van der Waals surface area contributed by atoms with Gasteiger partial charge in [-0.1, -0.05) is 0 Å². The van der Waals surface area contributed by atoms with Crippen LogP contribution in [0, 0.1) is 17.3 Å². The minimum Gasteiger partial charge on any atom is -0.495 e. The fraction of sp³-hybridized carbons (Fsp3) is 0.238. The van der Waals surface area contributed by atoms with Crippen molar-refractivity contribution < 1.29 is 9.66 Å². The summed E-state index contributed by atoms with van der Waals surface area (Å²) in [6, 6.07) is 10.0. The molecule has 0 bridgehead atoms. The Kier molecular flexibility index (Phi) is 7.91. The third kappa shape index (κ3) is 5.99. The lowest BCUT2D eigenvalue weighted by Crippen LogP contribution is -2.21. The van der Waals surface area contributed by atoms with Gasteiger partial charge in [-0.25, -0.2) is 5.43 Å².